The van der Waals surface area contributed by atoms with Gasteiger partial charge in [-0.15, -0.1) is 0 Å². The van der Waals surface area contributed by atoms with E-state index in [0.29, 0.717) is 0 Å². The summed E-state index contributed by atoms with van der Waals surface area (Å²) in [5, 5.41) is 16.0. The molecular weight excluding hydrogens is 192 g/mol. The van der Waals surface area contributed by atoms with Crippen LogP contribution in [0.1, 0.15) is 52.9 Å². The Morgan fingerprint density at radius 1 is 1.00 bits per heavy atom. The van der Waals surface area contributed by atoms with Crippen molar-refractivity contribution in [1.29, 1.82) is 0 Å². The monoisotopic (exact) mass is 220 g/mol. The van der Waals surface area contributed by atoms with E-state index in [1.165, 1.54) is 39.0 Å². The van der Waals surface area contributed by atoms with Gasteiger partial charge in [0.1, 0.15) is 0 Å². The molecule has 3 heteroatoms. The largest absolute Gasteiger partial charge is 0.394 e. The van der Waals surface area contributed by atoms with Gasteiger partial charge in [0.2, 0.25) is 0 Å². The van der Waals surface area contributed by atoms with Crippen molar-refractivity contribution in [1.82, 2.24) is 0 Å². The van der Waals surface area contributed by atoms with Gasteiger partial charge in [-0.25, -0.2) is 0 Å². The molecule has 0 aliphatic rings. The van der Waals surface area contributed by atoms with Crippen LogP contribution in [0.2, 0.25) is 0 Å². The highest BCUT2D eigenvalue weighted by Crippen LogP contribution is 1.95. The summed E-state index contributed by atoms with van der Waals surface area (Å²) in [6, 6.07) is 0. The first-order valence-electron chi connectivity index (χ1n) is 6.05. The predicted octanol–water partition coefficient (Wildman–Crippen LogP) is 2.35. The van der Waals surface area contributed by atoms with E-state index < -0.39 is 6.10 Å². The minimum atomic E-state index is -0.560. The summed E-state index contributed by atoms with van der Waals surface area (Å²) in [6.07, 6.45) is 5.73. The highest BCUT2D eigenvalue weighted by atomic mass is 16.5. The zero-order chi connectivity index (χ0) is 11.9. The lowest BCUT2D eigenvalue weighted by Crippen LogP contribution is -2.03. The molecule has 0 saturated carbocycles. The fraction of sp³-hybridized carbons (Fsp3) is 1.00. The van der Waals surface area contributed by atoms with Crippen molar-refractivity contribution in [3.05, 3.63) is 0 Å². The van der Waals surface area contributed by atoms with E-state index in [4.69, 9.17) is 14.9 Å². The molecule has 0 rings (SSSR count). The lowest BCUT2D eigenvalue weighted by atomic mass is 10.3. The normalized spacial score (nSPS) is 11.8. The quantitative estimate of drug-likeness (QED) is 0.617. The van der Waals surface area contributed by atoms with Crippen LogP contribution in [-0.4, -0.2) is 36.1 Å². The summed E-state index contributed by atoms with van der Waals surface area (Å²) in [4.78, 5) is 0. The third kappa shape index (κ3) is 24.8. The zero-order valence-electron chi connectivity index (χ0n) is 10.5. The first kappa shape index (κ1) is 17.3. The number of aliphatic hydroxyl groups is 2. The Kier molecular flexibility index (Phi) is 18.8. The van der Waals surface area contributed by atoms with Crippen LogP contribution in [0, 0.1) is 0 Å². The molecule has 0 aromatic heterocycles. The Morgan fingerprint density at radius 3 is 1.87 bits per heavy atom. The SMILES string of the molecule is CC(O)CO.CCCCCOCCCC. The van der Waals surface area contributed by atoms with Gasteiger partial charge in [0.05, 0.1) is 12.7 Å². The average molecular weight is 220 g/mol. The topological polar surface area (TPSA) is 49.7 Å². The molecule has 15 heavy (non-hydrogen) atoms. The van der Waals surface area contributed by atoms with Gasteiger partial charge < -0.3 is 14.9 Å². The number of hydrogen-bond donors (Lipinski definition) is 2. The van der Waals surface area contributed by atoms with Gasteiger partial charge in [0.15, 0.2) is 0 Å². The standard InChI is InChI=1S/C9H20O.C3H8O2/c1-3-5-7-9-10-8-6-4-2;1-3(5)2-4/h3-9H2,1-2H3;3-5H,2H2,1H3. The van der Waals surface area contributed by atoms with Crippen molar-refractivity contribution in [2.24, 2.45) is 0 Å². The van der Waals surface area contributed by atoms with Crippen LogP contribution < -0.4 is 0 Å². The molecule has 0 radical (unpaired) electrons. The highest BCUT2D eigenvalue weighted by molar-refractivity contribution is 4.37. The molecule has 94 valence electrons. The summed E-state index contributed by atoms with van der Waals surface area (Å²) in [7, 11) is 0. The van der Waals surface area contributed by atoms with Crippen LogP contribution in [0.25, 0.3) is 0 Å². The first-order valence-corrected chi connectivity index (χ1v) is 6.05. The molecule has 0 amide bonds. The van der Waals surface area contributed by atoms with Crippen molar-refractivity contribution < 1.29 is 14.9 Å². The lowest BCUT2D eigenvalue weighted by molar-refractivity contribution is 0.110. The fourth-order valence-electron chi connectivity index (χ4n) is 0.803. The molecule has 2 N–H and O–H groups in total. The van der Waals surface area contributed by atoms with Crippen molar-refractivity contribution in [2.45, 2.75) is 59.0 Å². The molecule has 0 fully saturated rings. The second-order valence-corrected chi connectivity index (χ2v) is 3.70. The summed E-state index contributed by atoms with van der Waals surface area (Å²) in [6.45, 7) is 7.72. The zero-order valence-corrected chi connectivity index (χ0v) is 10.5. The smallest absolute Gasteiger partial charge is 0.0742 e. The van der Waals surface area contributed by atoms with E-state index in [1.54, 1.807) is 0 Å². The predicted molar refractivity (Wildman–Crippen MR) is 64.0 cm³/mol. The van der Waals surface area contributed by atoms with Gasteiger partial charge in [-0.2, -0.15) is 0 Å². The number of ether oxygens (including phenoxy) is 1. The Morgan fingerprint density at radius 2 is 1.47 bits per heavy atom. The van der Waals surface area contributed by atoms with Gasteiger partial charge in [0, 0.05) is 13.2 Å². The maximum Gasteiger partial charge on any atom is 0.0742 e. The molecule has 0 bridgehead atoms. The van der Waals surface area contributed by atoms with Crippen molar-refractivity contribution in [3.63, 3.8) is 0 Å². The van der Waals surface area contributed by atoms with E-state index in [0.717, 1.165) is 13.2 Å². The Balaban J connectivity index is 0. The Bertz CT molecular complexity index is 86.9. The van der Waals surface area contributed by atoms with Crippen LogP contribution >= 0.6 is 0 Å². The number of rotatable bonds is 8. The summed E-state index contributed by atoms with van der Waals surface area (Å²) in [5.41, 5.74) is 0. The fourth-order valence-corrected chi connectivity index (χ4v) is 0.803. The maximum atomic E-state index is 8.11. The second kappa shape index (κ2) is 16.3. The third-order valence-corrected chi connectivity index (χ3v) is 1.80. The minimum absolute atomic E-state index is 0.139. The van der Waals surface area contributed by atoms with E-state index in [9.17, 15) is 0 Å². The highest BCUT2D eigenvalue weighted by Gasteiger charge is 1.86. The van der Waals surface area contributed by atoms with Crippen LogP contribution in [-0.2, 0) is 4.74 Å². The summed E-state index contributed by atoms with van der Waals surface area (Å²) in [5.74, 6) is 0. The number of aliphatic hydroxyl groups excluding tert-OH is 2. The van der Waals surface area contributed by atoms with Gasteiger partial charge >= 0.3 is 0 Å². The number of unbranched alkanes of at least 4 members (excludes halogenated alkanes) is 3. The molecule has 0 heterocycles. The third-order valence-electron chi connectivity index (χ3n) is 1.80. The van der Waals surface area contributed by atoms with E-state index in [1.807, 2.05) is 0 Å². The van der Waals surface area contributed by atoms with Crippen LogP contribution in [0.3, 0.4) is 0 Å². The molecule has 3 nitrogen and oxygen atoms in total. The summed E-state index contributed by atoms with van der Waals surface area (Å²) < 4.78 is 5.38. The minimum Gasteiger partial charge on any atom is -0.394 e. The molecule has 1 atom stereocenters. The van der Waals surface area contributed by atoms with Crippen LogP contribution in [0.15, 0.2) is 0 Å². The van der Waals surface area contributed by atoms with Gasteiger partial charge in [0.25, 0.3) is 0 Å². The Labute approximate surface area is 94.5 Å². The molecule has 0 aromatic carbocycles. The van der Waals surface area contributed by atoms with Gasteiger partial charge in [-0.1, -0.05) is 33.1 Å². The lowest BCUT2D eigenvalue weighted by Gasteiger charge is -2.00. The van der Waals surface area contributed by atoms with Crippen molar-refractivity contribution >= 4 is 0 Å². The van der Waals surface area contributed by atoms with E-state index >= 15 is 0 Å². The van der Waals surface area contributed by atoms with Crippen molar-refractivity contribution in [3.8, 4) is 0 Å². The maximum absolute atomic E-state index is 8.11. The average Bonchev–Trinajstić information content (AvgIpc) is 2.24. The van der Waals surface area contributed by atoms with Gasteiger partial charge in [-0.05, 0) is 19.8 Å². The first-order chi connectivity index (χ1) is 7.18. The second-order valence-electron chi connectivity index (χ2n) is 3.70. The molecule has 0 aliphatic heterocycles. The molecule has 1 unspecified atom stereocenters. The van der Waals surface area contributed by atoms with Crippen molar-refractivity contribution in [2.75, 3.05) is 19.8 Å². The molecule has 0 saturated heterocycles. The van der Waals surface area contributed by atoms with Crippen LogP contribution in [0.5, 0.6) is 0 Å². The number of hydrogen-bond acceptors (Lipinski definition) is 3. The van der Waals surface area contributed by atoms with Gasteiger partial charge in [-0.3, -0.25) is 0 Å². The van der Waals surface area contributed by atoms with E-state index in [2.05, 4.69) is 13.8 Å². The molecule has 0 spiro atoms. The van der Waals surface area contributed by atoms with Crippen LogP contribution in [0.4, 0.5) is 0 Å². The molecule has 0 aliphatic carbocycles. The Hall–Kier alpha value is -0.120. The molecular formula is C12H28O3. The summed E-state index contributed by atoms with van der Waals surface area (Å²) >= 11 is 0. The molecule has 0 aromatic rings. The van der Waals surface area contributed by atoms with E-state index in [-0.39, 0.29) is 6.61 Å².